The minimum atomic E-state index is -4.28. The highest BCUT2D eigenvalue weighted by Crippen LogP contribution is 2.31. The molecule has 2 rings (SSSR count). The summed E-state index contributed by atoms with van der Waals surface area (Å²) in [5.41, 5.74) is -4.02. The van der Waals surface area contributed by atoms with Gasteiger partial charge in [-0.2, -0.15) is 13.2 Å². The van der Waals surface area contributed by atoms with E-state index in [9.17, 15) is 23.3 Å². The maximum atomic E-state index is 12.1. The highest BCUT2D eigenvalue weighted by Gasteiger charge is 2.27. The number of rotatable bonds is 4. The third kappa shape index (κ3) is 3.19. The standard InChI is InChI=1S/C11H9F3N2O2S/c12-11(13,14)19-7-6-15-5-4-8-2-1-3-9(10(8)15)16(17)18/h1-5H,6-7H2. The lowest BCUT2D eigenvalue weighted by atomic mass is 10.2. The Morgan fingerprint density at radius 3 is 2.68 bits per heavy atom. The van der Waals surface area contributed by atoms with E-state index in [0.29, 0.717) is 10.9 Å². The molecule has 0 aliphatic rings. The fraction of sp³-hybridized carbons (Fsp3) is 0.273. The number of fused-ring (bicyclic) bond motifs is 1. The predicted octanol–water partition coefficient (Wildman–Crippen LogP) is 3.80. The number of nitrogens with zero attached hydrogens (tertiary/aromatic N) is 2. The molecule has 0 aliphatic heterocycles. The monoisotopic (exact) mass is 290 g/mol. The van der Waals surface area contributed by atoms with Crippen LogP contribution in [0.4, 0.5) is 18.9 Å². The van der Waals surface area contributed by atoms with E-state index in [1.54, 1.807) is 24.4 Å². The Morgan fingerprint density at radius 1 is 1.32 bits per heavy atom. The summed E-state index contributed by atoms with van der Waals surface area (Å²) in [5, 5.41) is 11.5. The molecule has 0 saturated heterocycles. The van der Waals surface area contributed by atoms with Crippen molar-refractivity contribution in [3.8, 4) is 0 Å². The summed E-state index contributed by atoms with van der Waals surface area (Å²) in [4.78, 5) is 10.4. The Kier molecular flexibility index (Phi) is 3.70. The molecule has 0 saturated carbocycles. The van der Waals surface area contributed by atoms with Gasteiger partial charge in [0.15, 0.2) is 0 Å². The Bertz CT molecular complexity index is 609. The summed E-state index contributed by atoms with van der Waals surface area (Å²) in [6.07, 6.45) is 1.56. The smallest absolute Gasteiger partial charge is 0.341 e. The minimum absolute atomic E-state index is 0.0680. The first-order valence-corrected chi connectivity index (χ1v) is 6.30. The second-order valence-electron chi connectivity index (χ2n) is 3.78. The largest absolute Gasteiger partial charge is 0.441 e. The maximum Gasteiger partial charge on any atom is 0.441 e. The lowest BCUT2D eigenvalue weighted by Gasteiger charge is -2.07. The first-order valence-electron chi connectivity index (χ1n) is 5.31. The van der Waals surface area contributed by atoms with Gasteiger partial charge in [-0.3, -0.25) is 10.1 Å². The average Bonchev–Trinajstić information content (AvgIpc) is 2.70. The maximum absolute atomic E-state index is 12.1. The van der Waals surface area contributed by atoms with Gasteiger partial charge in [0.05, 0.1) is 4.92 Å². The molecule has 8 heteroatoms. The van der Waals surface area contributed by atoms with Gasteiger partial charge in [-0.05, 0) is 17.8 Å². The van der Waals surface area contributed by atoms with Gasteiger partial charge in [0.2, 0.25) is 0 Å². The van der Waals surface area contributed by atoms with Gasteiger partial charge in [-0.25, -0.2) is 0 Å². The molecule has 19 heavy (non-hydrogen) atoms. The Balaban J connectivity index is 2.26. The summed E-state index contributed by atoms with van der Waals surface area (Å²) in [7, 11) is 0. The van der Waals surface area contributed by atoms with E-state index in [1.165, 1.54) is 10.6 Å². The van der Waals surface area contributed by atoms with Crippen LogP contribution in [0.2, 0.25) is 0 Å². The van der Waals surface area contributed by atoms with Crippen LogP contribution in [0.25, 0.3) is 10.9 Å². The molecule has 0 bridgehead atoms. The zero-order valence-corrected chi connectivity index (χ0v) is 10.4. The fourth-order valence-electron chi connectivity index (χ4n) is 1.83. The van der Waals surface area contributed by atoms with E-state index < -0.39 is 10.4 Å². The van der Waals surface area contributed by atoms with Crippen LogP contribution in [0.1, 0.15) is 0 Å². The Morgan fingerprint density at radius 2 is 2.05 bits per heavy atom. The van der Waals surface area contributed by atoms with Crippen molar-refractivity contribution in [3.05, 3.63) is 40.6 Å². The van der Waals surface area contributed by atoms with Crippen molar-refractivity contribution < 1.29 is 18.1 Å². The van der Waals surface area contributed by atoms with Gasteiger partial charge < -0.3 is 4.57 Å². The highest BCUT2D eigenvalue weighted by molar-refractivity contribution is 8.00. The van der Waals surface area contributed by atoms with Gasteiger partial charge in [-0.1, -0.05) is 12.1 Å². The number of thioether (sulfide) groups is 1. The van der Waals surface area contributed by atoms with Gasteiger partial charge in [0, 0.05) is 29.9 Å². The van der Waals surface area contributed by atoms with Crippen molar-refractivity contribution in [2.24, 2.45) is 0 Å². The van der Waals surface area contributed by atoms with E-state index in [4.69, 9.17) is 0 Å². The van der Waals surface area contributed by atoms with Crippen LogP contribution in [0, 0.1) is 10.1 Å². The van der Waals surface area contributed by atoms with E-state index in [1.807, 2.05) is 0 Å². The number of aryl methyl sites for hydroxylation is 1. The number of aromatic nitrogens is 1. The number of hydrogen-bond donors (Lipinski definition) is 0. The molecular weight excluding hydrogens is 281 g/mol. The van der Waals surface area contributed by atoms with Gasteiger partial charge in [0.1, 0.15) is 5.52 Å². The number of halogens is 3. The van der Waals surface area contributed by atoms with Crippen molar-refractivity contribution in [2.45, 2.75) is 12.1 Å². The second kappa shape index (κ2) is 5.12. The molecule has 0 aliphatic carbocycles. The van der Waals surface area contributed by atoms with E-state index in [0.717, 1.165) is 0 Å². The molecule has 2 aromatic rings. The van der Waals surface area contributed by atoms with Crippen molar-refractivity contribution in [1.29, 1.82) is 0 Å². The van der Waals surface area contributed by atoms with Crippen LogP contribution in [-0.2, 0) is 6.54 Å². The quantitative estimate of drug-likeness (QED) is 0.635. The molecule has 1 heterocycles. The average molecular weight is 290 g/mol. The molecule has 0 fully saturated rings. The topological polar surface area (TPSA) is 48.1 Å². The molecule has 0 unspecified atom stereocenters. The van der Waals surface area contributed by atoms with Gasteiger partial charge >= 0.3 is 5.51 Å². The summed E-state index contributed by atoms with van der Waals surface area (Å²) < 4.78 is 37.6. The first-order chi connectivity index (χ1) is 8.88. The normalized spacial score (nSPS) is 11.9. The SMILES string of the molecule is O=[N+]([O-])c1cccc2ccn(CCSC(F)(F)F)c12. The number of nitro benzene ring substituents is 1. The molecule has 0 atom stereocenters. The van der Waals surface area contributed by atoms with Crippen LogP contribution in [0.15, 0.2) is 30.5 Å². The van der Waals surface area contributed by atoms with Crippen LogP contribution in [0.3, 0.4) is 0 Å². The molecular formula is C11H9F3N2O2S. The van der Waals surface area contributed by atoms with Gasteiger partial charge in [-0.15, -0.1) is 0 Å². The molecule has 0 N–H and O–H groups in total. The van der Waals surface area contributed by atoms with Crippen LogP contribution in [0.5, 0.6) is 0 Å². The van der Waals surface area contributed by atoms with Crippen molar-refractivity contribution in [2.75, 3.05) is 5.75 Å². The lowest BCUT2D eigenvalue weighted by Crippen LogP contribution is -2.06. The molecule has 4 nitrogen and oxygen atoms in total. The molecule has 0 amide bonds. The number of non-ortho nitro benzene ring substituents is 1. The molecule has 102 valence electrons. The van der Waals surface area contributed by atoms with Crippen molar-refractivity contribution >= 4 is 28.4 Å². The minimum Gasteiger partial charge on any atom is -0.341 e. The zero-order valence-electron chi connectivity index (χ0n) is 9.55. The Hall–Kier alpha value is -1.70. The number of nitro groups is 1. The molecule has 1 aromatic heterocycles. The summed E-state index contributed by atoms with van der Waals surface area (Å²) in [5.74, 6) is -0.181. The first kappa shape index (κ1) is 13.7. The van der Waals surface area contributed by atoms with Gasteiger partial charge in [0.25, 0.3) is 5.69 Å². The van der Waals surface area contributed by atoms with Crippen LogP contribution in [-0.4, -0.2) is 20.8 Å². The predicted molar refractivity (Wildman–Crippen MR) is 67.1 cm³/mol. The Labute approximate surface area is 110 Å². The molecule has 0 spiro atoms. The molecule has 0 radical (unpaired) electrons. The van der Waals surface area contributed by atoms with E-state index in [2.05, 4.69) is 0 Å². The van der Waals surface area contributed by atoms with Crippen LogP contribution < -0.4 is 0 Å². The van der Waals surface area contributed by atoms with Crippen molar-refractivity contribution in [3.63, 3.8) is 0 Å². The third-order valence-corrected chi connectivity index (χ3v) is 3.28. The highest BCUT2D eigenvalue weighted by atomic mass is 32.2. The third-order valence-electron chi connectivity index (χ3n) is 2.56. The summed E-state index contributed by atoms with van der Waals surface area (Å²) in [6.45, 7) is 0.0680. The lowest BCUT2D eigenvalue weighted by molar-refractivity contribution is -0.383. The fourth-order valence-corrected chi connectivity index (χ4v) is 2.35. The number of hydrogen-bond acceptors (Lipinski definition) is 3. The number of para-hydroxylation sites is 1. The molecule has 1 aromatic carbocycles. The van der Waals surface area contributed by atoms with E-state index >= 15 is 0 Å². The van der Waals surface area contributed by atoms with Crippen LogP contribution >= 0.6 is 11.8 Å². The summed E-state index contributed by atoms with van der Waals surface area (Å²) in [6, 6.07) is 6.24. The van der Waals surface area contributed by atoms with E-state index in [-0.39, 0.29) is 29.7 Å². The van der Waals surface area contributed by atoms with Crippen molar-refractivity contribution in [1.82, 2.24) is 4.57 Å². The number of benzene rings is 1. The second-order valence-corrected chi connectivity index (χ2v) is 4.94. The zero-order chi connectivity index (χ0) is 14.0. The number of alkyl halides is 3. The summed E-state index contributed by atoms with van der Waals surface area (Å²) >= 11 is -0.136.